The topological polar surface area (TPSA) is 33.1 Å². The fourth-order valence-electron chi connectivity index (χ4n) is 4.99. The van der Waals surface area contributed by atoms with Gasteiger partial charge in [-0.15, -0.1) is 0 Å². The fourth-order valence-corrected chi connectivity index (χ4v) is 5.46. The molecule has 2 aromatic heterocycles. The molecule has 1 saturated heterocycles. The molecule has 0 bridgehead atoms. The number of rotatable bonds is 4. The summed E-state index contributed by atoms with van der Waals surface area (Å²) >= 11 is 12.1. The van der Waals surface area contributed by atoms with Crippen molar-refractivity contribution < 1.29 is 0 Å². The van der Waals surface area contributed by atoms with Gasteiger partial charge in [0, 0.05) is 34.0 Å². The Morgan fingerprint density at radius 1 is 0.941 bits per heavy atom. The number of benzene rings is 2. The molecule has 0 amide bonds. The highest BCUT2D eigenvalue weighted by Gasteiger charge is 2.42. The van der Waals surface area contributed by atoms with Crippen molar-refractivity contribution in [3.05, 3.63) is 112 Å². The van der Waals surface area contributed by atoms with Gasteiger partial charge in [0.1, 0.15) is 0 Å². The summed E-state index contributed by atoms with van der Waals surface area (Å²) in [7, 11) is 0. The number of anilines is 1. The number of pyridine rings is 1. The molecule has 1 aliphatic heterocycles. The Hall–Kier alpha value is -3.15. The van der Waals surface area contributed by atoms with Crippen LogP contribution < -0.4 is 10.2 Å². The summed E-state index contributed by atoms with van der Waals surface area (Å²) in [6.07, 6.45) is 1.83. The van der Waals surface area contributed by atoms with Crippen molar-refractivity contribution in [2.75, 3.05) is 4.90 Å². The number of thiocarbonyl (C=S) groups is 1. The largest absolute Gasteiger partial charge is 0.351 e. The van der Waals surface area contributed by atoms with E-state index in [-0.39, 0.29) is 12.1 Å². The van der Waals surface area contributed by atoms with E-state index in [1.165, 1.54) is 33.8 Å². The van der Waals surface area contributed by atoms with Gasteiger partial charge in [0.15, 0.2) is 5.11 Å². The van der Waals surface area contributed by atoms with E-state index in [2.05, 4.69) is 77.8 Å². The summed E-state index contributed by atoms with van der Waals surface area (Å²) in [5, 5.41) is 4.93. The van der Waals surface area contributed by atoms with Crippen LogP contribution in [0.25, 0.3) is 5.69 Å². The fraction of sp³-hybridized carbons (Fsp3) is 0.214. The lowest BCUT2D eigenvalue weighted by Crippen LogP contribution is -2.29. The van der Waals surface area contributed by atoms with Crippen molar-refractivity contribution in [1.82, 2.24) is 14.9 Å². The Bertz CT molecular complexity index is 1360. The van der Waals surface area contributed by atoms with Gasteiger partial charge in [0.05, 0.1) is 17.8 Å². The molecule has 0 aliphatic carbocycles. The second-order valence-electron chi connectivity index (χ2n) is 8.85. The van der Waals surface area contributed by atoms with Crippen molar-refractivity contribution in [3.8, 4) is 5.69 Å². The normalized spacial score (nSPS) is 17.8. The minimum atomic E-state index is -0.0862. The number of halogens is 1. The van der Waals surface area contributed by atoms with E-state index < -0.39 is 0 Å². The molecule has 5 rings (SSSR count). The second-order valence-corrected chi connectivity index (χ2v) is 9.68. The van der Waals surface area contributed by atoms with Gasteiger partial charge in [-0.05, 0) is 105 Å². The molecular weight excluding hydrogens is 460 g/mol. The molecule has 0 spiro atoms. The van der Waals surface area contributed by atoms with E-state index in [0.29, 0.717) is 10.1 Å². The van der Waals surface area contributed by atoms with Gasteiger partial charge in [-0.1, -0.05) is 29.8 Å². The third kappa shape index (κ3) is 3.79. The molecule has 2 atom stereocenters. The molecular formula is C28H27ClN4S. The molecule has 1 fully saturated rings. The Morgan fingerprint density at radius 3 is 2.41 bits per heavy atom. The van der Waals surface area contributed by atoms with Crippen LogP contribution in [0, 0.1) is 27.7 Å². The maximum atomic E-state index is 6.20. The molecule has 4 aromatic rings. The quantitative estimate of drug-likeness (QED) is 0.317. The number of hydrogen-bond acceptors (Lipinski definition) is 2. The first-order valence-corrected chi connectivity index (χ1v) is 12.2. The lowest BCUT2D eigenvalue weighted by Gasteiger charge is -2.28. The van der Waals surface area contributed by atoms with Crippen LogP contribution in [0.3, 0.4) is 0 Å². The van der Waals surface area contributed by atoms with Crippen LogP contribution in [0.2, 0.25) is 5.02 Å². The lowest BCUT2D eigenvalue weighted by atomic mass is 9.96. The first-order valence-electron chi connectivity index (χ1n) is 11.4. The van der Waals surface area contributed by atoms with E-state index in [1.807, 2.05) is 42.6 Å². The van der Waals surface area contributed by atoms with Crippen LogP contribution in [-0.4, -0.2) is 14.7 Å². The molecule has 3 heterocycles. The molecule has 0 unspecified atom stereocenters. The van der Waals surface area contributed by atoms with Crippen LogP contribution in [0.5, 0.6) is 0 Å². The van der Waals surface area contributed by atoms with Crippen molar-refractivity contribution in [2.45, 2.75) is 39.8 Å². The number of aromatic nitrogens is 2. The standard InChI is InChI=1S/C28H27ClN4S/c1-17-8-7-10-25(19(17)3)32-18(2)16-23(20(32)4)27-26(24-9-5-6-15-30-24)31-28(34)33(27)22-13-11-21(29)12-14-22/h5-16,26-27H,1-4H3,(H,31,34)/t26-,27+/m0/s1. The van der Waals surface area contributed by atoms with Gasteiger partial charge in [0.2, 0.25) is 0 Å². The molecule has 1 aliphatic rings. The van der Waals surface area contributed by atoms with Crippen LogP contribution in [0.4, 0.5) is 5.69 Å². The summed E-state index contributed by atoms with van der Waals surface area (Å²) in [5.41, 5.74) is 9.34. The smallest absolute Gasteiger partial charge is 0.174 e. The van der Waals surface area contributed by atoms with Crippen LogP contribution in [-0.2, 0) is 0 Å². The first-order chi connectivity index (χ1) is 16.4. The Morgan fingerprint density at radius 2 is 1.71 bits per heavy atom. The summed E-state index contributed by atoms with van der Waals surface area (Å²) in [5.74, 6) is 0. The number of aryl methyl sites for hydroxylation is 2. The summed E-state index contributed by atoms with van der Waals surface area (Å²) in [6, 6.07) is 22.5. The maximum Gasteiger partial charge on any atom is 0.174 e. The molecule has 2 aromatic carbocycles. The lowest BCUT2D eigenvalue weighted by molar-refractivity contribution is 0.565. The Labute approximate surface area is 211 Å². The van der Waals surface area contributed by atoms with E-state index in [0.717, 1.165) is 11.4 Å². The van der Waals surface area contributed by atoms with Crippen LogP contribution in [0.15, 0.2) is 72.9 Å². The molecule has 172 valence electrons. The van der Waals surface area contributed by atoms with Crippen molar-refractivity contribution in [1.29, 1.82) is 0 Å². The second kappa shape index (κ2) is 8.90. The minimum absolute atomic E-state index is 0.0614. The van der Waals surface area contributed by atoms with Gasteiger partial charge in [0.25, 0.3) is 0 Å². The molecule has 1 N–H and O–H groups in total. The SMILES string of the molecule is Cc1cccc(-n2c(C)cc([C@@H]3[C@H](c4ccccn4)NC(=S)N3c3ccc(Cl)cc3)c2C)c1C. The maximum absolute atomic E-state index is 6.20. The van der Waals surface area contributed by atoms with E-state index in [9.17, 15) is 0 Å². The molecule has 0 radical (unpaired) electrons. The molecule has 6 heteroatoms. The summed E-state index contributed by atoms with van der Waals surface area (Å²) in [4.78, 5) is 6.87. The predicted molar refractivity (Wildman–Crippen MR) is 144 cm³/mol. The zero-order valence-electron chi connectivity index (χ0n) is 19.7. The van der Waals surface area contributed by atoms with Gasteiger partial charge in [-0.3, -0.25) is 4.98 Å². The average Bonchev–Trinajstić information content (AvgIpc) is 3.32. The molecule has 4 nitrogen and oxygen atoms in total. The third-order valence-electron chi connectivity index (χ3n) is 6.81. The van der Waals surface area contributed by atoms with Crippen molar-refractivity contribution >= 4 is 34.6 Å². The van der Waals surface area contributed by atoms with E-state index in [1.54, 1.807) is 0 Å². The average molecular weight is 487 g/mol. The monoisotopic (exact) mass is 486 g/mol. The van der Waals surface area contributed by atoms with Gasteiger partial charge in [-0.2, -0.15) is 0 Å². The first kappa shape index (κ1) is 22.6. The van der Waals surface area contributed by atoms with E-state index in [4.69, 9.17) is 23.8 Å². The van der Waals surface area contributed by atoms with Crippen LogP contribution in [0.1, 0.15) is 45.9 Å². The Kier molecular flexibility index (Phi) is 5.92. The Balaban J connectivity index is 1.70. The predicted octanol–water partition coefficient (Wildman–Crippen LogP) is 6.94. The molecule has 0 saturated carbocycles. The van der Waals surface area contributed by atoms with Crippen molar-refractivity contribution in [2.24, 2.45) is 0 Å². The highest BCUT2D eigenvalue weighted by molar-refractivity contribution is 7.80. The van der Waals surface area contributed by atoms with Crippen LogP contribution >= 0.6 is 23.8 Å². The van der Waals surface area contributed by atoms with Gasteiger partial charge >= 0.3 is 0 Å². The zero-order valence-corrected chi connectivity index (χ0v) is 21.3. The number of nitrogens with one attached hydrogen (secondary N) is 1. The van der Waals surface area contributed by atoms with Gasteiger partial charge < -0.3 is 14.8 Å². The number of nitrogens with zero attached hydrogens (tertiary/aromatic N) is 3. The van der Waals surface area contributed by atoms with Gasteiger partial charge in [-0.25, -0.2) is 0 Å². The highest BCUT2D eigenvalue weighted by atomic mass is 35.5. The summed E-state index contributed by atoms with van der Waals surface area (Å²) < 4.78 is 2.36. The highest BCUT2D eigenvalue weighted by Crippen LogP contribution is 2.44. The third-order valence-corrected chi connectivity index (χ3v) is 7.38. The van der Waals surface area contributed by atoms with E-state index >= 15 is 0 Å². The summed E-state index contributed by atoms with van der Waals surface area (Å²) in [6.45, 7) is 8.71. The minimum Gasteiger partial charge on any atom is -0.351 e. The zero-order chi connectivity index (χ0) is 24.0. The number of hydrogen-bond donors (Lipinski definition) is 1. The van der Waals surface area contributed by atoms with Crippen molar-refractivity contribution in [3.63, 3.8) is 0 Å². The molecule has 34 heavy (non-hydrogen) atoms.